The van der Waals surface area contributed by atoms with Crippen LogP contribution >= 0.6 is 23.1 Å². The van der Waals surface area contributed by atoms with Crippen molar-refractivity contribution >= 4 is 46.6 Å². The minimum absolute atomic E-state index is 0.0363. The van der Waals surface area contributed by atoms with Gasteiger partial charge in [-0.2, -0.15) is 0 Å². The van der Waals surface area contributed by atoms with Crippen LogP contribution in [0.3, 0.4) is 0 Å². The number of thiophene rings is 1. The van der Waals surface area contributed by atoms with Gasteiger partial charge in [0.1, 0.15) is 23.5 Å². The lowest BCUT2D eigenvalue weighted by Crippen LogP contribution is -2.71. The number of nitro groups is 1. The van der Waals surface area contributed by atoms with E-state index in [1.54, 1.807) is 0 Å². The van der Waals surface area contributed by atoms with Crippen molar-refractivity contribution in [2.75, 3.05) is 7.11 Å². The van der Waals surface area contributed by atoms with Crippen LogP contribution in [0, 0.1) is 10.1 Å². The quantitative estimate of drug-likeness (QED) is 0.235. The first kappa shape index (κ1) is 23.7. The van der Waals surface area contributed by atoms with E-state index in [4.69, 9.17) is 15.2 Å². The number of β-lactam (4-membered cyclic amide) rings is 1. The van der Waals surface area contributed by atoms with Crippen LogP contribution in [0.15, 0.2) is 53.2 Å². The van der Waals surface area contributed by atoms with Gasteiger partial charge in [-0.3, -0.25) is 24.6 Å². The number of esters is 1. The largest absolute Gasteiger partial charge is 0.456 e. The minimum atomic E-state index is -0.833. The molecule has 1 saturated heterocycles. The number of rotatable bonds is 8. The smallest absolute Gasteiger partial charge is 0.357 e. The lowest BCUT2D eigenvalue weighted by molar-refractivity contribution is -0.384. The van der Waals surface area contributed by atoms with Crippen molar-refractivity contribution in [2.45, 2.75) is 29.9 Å². The molecule has 2 aliphatic heterocycles. The number of nitrogens with zero attached hydrogens (tertiary/aromatic N) is 2. The fourth-order valence-corrected chi connectivity index (χ4v) is 5.55. The number of nitrogens with two attached hydrogens (primary N) is 1. The Morgan fingerprint density at radius 1 is 1.26 bits per heavy atom. The van der Waals surface area contributed by atoms with Gasteiger partial charge >= 0.3 is 5.97 Å². The van der Waals surface area contributed by atoms with Crippen LogP contribution in [-0.2, 0) is 36.9 Å². The number of nitrogens with one attached hydrogen (secondary N) is 1. The number of thioether (sulfide) groups is 1. The van der Waals surface area contributed by atoms with Crippen molar-refractivity contribution in [1.82, 2.24) is 10.2 Å². The van der Waals surface area contributed by atoms with Crippen LogP contribution in [0.4, 0.5) is 5.69 Å². The molecule has 3 N–H and O–H groups in total. The molecular weight excluding hydrogens is 484 g/mol. The summed E-state index contributed by atoms with van der Waals surface area (Å²) >= 11 is 2.65. The number of non-ortho nitro benzene ring substituents is 1. The van der Waals surface area contributed by atoms with E-state index in [1.165, 1.54) is 59.4 Å². The van der Waals surface area contributed by atoms with E-state index in [0.717, 1.165) is 4.88 Å². The molecule has 3 atom stereocenters. The fourth-order valence-electron chi connectivity index (χ4n) is 3.55. The number of hydrogen-bond donors (Lipinski definition) is 2. The number of ether oxygens (including phenoxy) is 2. The Hall–Kier alpha value is -3.42. The summed E-state index contributed by atoms with van der Waals surface area (Å²) in [6, 6.07) is 8.37. The maximum atomic E-state index is 12.9. The highest BCUT2D eigenvalue weighted by Gasteiger charge is 2.56. The van der Waals surface area contributed by atoms with Gasteiger partial charge in [0.05, 0.1) is 17.0 Å². The zero-order chi connectivity index (χ0) is 24.4. The molecule has 178 valence electrons. The zero-order valence-electron chi connectivity index (χ0n) is 17.8. The Kier molecular flexibility index (Phi) is 6.86. The second kappa shape index (κ2) is 9.83. The average Bonchev–Trinajstić information content (AvgIpc) is 3.34. The lowest BCUT2D eigenvalue weighted by atomic mass is 10.0. The summed E-state index contributed by atoms with van der Waals surface area (Å²) in [5.41, 5.74) is 5.75. The van der Waals surface area contributed by atoms with Gasteiger partial charge in [0, 0.05) is 24.1 Å². The first-order valence-corrected chi connectivity index (χ1v) is 11.9. The Morgan fingerprint density at radius 3 is 2.62 bits per heavy atom. The van der Waals surface area contributed by atoms with Crippen molar-refractivity contribution in [1.29, 1.82) is 0 Å². The number of carbonyl (C=O) groups excluding carboxylic acids is 3. The molecule has 0 radical (unpaired) electrons. The Morgan fingerprint density at radius 2 is 2.00 bits per heavy atom. The van der Waals surface area contributed by atoms with Crippen molar-refractivity contribution in [3.63, 3.8) is 0 Å². The summed E-state index contributed by atoms with van der Waals surface area (Å²) in [5, 5.41) is 14.8. The molecule has 2 aliphatic rings. The molecule has 0 saturated carbocycles. The molecule has 0 spiro atoms. The first-order valence-electron chi connectivity index (χ1n) is 10.0. The van der Waals surface area contributed by atoms with E-state index >= 15 is 0 Å². The highest BCUT2D eigenvalue weighted by atomic mass is 32.2. The van der Waals surface area contributed by atoms with Gasteiger partial charge in [0.2, 0.25) is 5.91 Å². The third-order valence-electron chi connectivity index (χ3n) is 5.23. The predicted octanol–water partition coefficient (Wildman–Crippen LogP) is 1.48. The van der Waals surface area contributed by atoms with Gasteiger partial charge in [-0.15, -0.1) is 11.3 Å². The third-order valence-corrected chi connectivity index (χ3v) is 7.56. The topological polar surface area (TPSA) is 154 Å². The summed E-state index contributed by atoms with van der Waals surface area (Å²) in [7, 11) is 1.42. The van der Waals surface area contributed by atoms with Crippen LogP contribution in [0.5, 0.6) is 0 Å². The van der Waals surface area contributed by atoms with Crippen LogP contribution in [0.1, 0.15) is 10.4 Å². The van der Waals surface area contributed by atoms with E-state index in [9.17, 15) is 24.5 Å². The molecule has 34 heavy (non-hydrogen) atoms. The van der Waals surface area contributed by atoms with Crippen LogP contribution in [0.2, 0.25) is 0 Å². The van der Waals surface area contributed by atoms with E-state index in [0.29, 0.717) is 5.56 Å². The standard InChI is InChI=1S/C21H20N4O7S2/c1-31-21-15(22)17(20(28)32-10-11-4-6-12(7-5-11)25(29)30)24-18(27)16(19(24)34-21)23-14(26)9-13-3-2-8-33-13/h2-8,16,19,21H,9-10,22H2,1H3,(H,23,26)/t16-,19+,21?/m1/s1. The van der Waals surface area contributed by atoms with Crippen molar-refractivity contribution in [3.8, 4) is 0 Å². The molecule has 3 heterocycles. The molecule has 13 heteroatoms. The molecule has 2 aromatic rings. The molecule has 4 rings (SSSR count). The molecule has 1 fully saturated rings. The molecular formula is C21H20N4O7S2. The first-order chi connectivity index (χ1) is 16.3. The number of nitro benzene ring substituents is 1. The van der Waals surface area contributed by atoms with E-state index < -0.39 is 33.7 Å². The SMILES string of the molecule is COC1S[C@H]2[C@H](NC(=O)Cc3cccs3)C(=O)N2C(C(=O)OCc2ccc([N+](=O)[O-])cc2)=C1N. The number of amides is 2. The minimum Gasteiger partial charge on any atom is -0.456 e. The monoisotopic (exact) mass is 504 g/mol. The second-order valence-corrected chi connectivity index (χ2v) is 9.62. The van der Waals surface area contributed by atoms with Gasteiger partial charge < -0.3 is 20.5 Å². The van der Waals surface area contributed by atoms with Crippen molar-refractivity contribution in [3.05, 3.63) is 73.7 Å². The fraction of sp³-hybridized carbons (Fsp3) is 0.286. The molecule has 11 nitrogen and oxygen atoms in total. The maximum absolute atomic E-state index is 12.9. The van der Waals surface area contributed by atoms with Gasteiger partial charge in [0.25, 0.3) is 11.6 Å². The van der Waals surface area contributed by atoms with Gasteiger partial charge in [-0.1, -0.05) is 17.8 Å². The van der Waals surface area contributed by atoms with Crippen LogP contribution < -0.4 is 11.1 Å². The summed E-state index contributed by atoms with van der Waals surface area (Å²) in [5.74, 6) is -1.61. The number of carbonyl (C=O) groups is 3. The number of benzene rings is 1. The number of fused-ring (bicyclic) bond motifs is 1. The highest BCUT2D eigenvalue weighted by Crippen LogP contribution is 2.43. The molecule has 0 aliphatic carbocycles. The summed E-state index contributed by atoms with van der Waals surface area (Å²) in [6.45, 7) is -0.175. The molecule has 2 amide bonds. The summed E-state index contributed by atoms with van der Waals surface area (Å²) in [6.07, 6.45) is 0.147. The van der Waals surface area contributed by atoms with Crippen molar-refractivity contribution in [2.24, 2.45) is 5.73 Å². The number of methoxy groups -OCH3 is 1. The van der Waals surface area contributed by atoms with Gasteiger partial charge in [0.15, 0.2) is 5.70 Å². The molecule has 1 unspecified atom stereocenters. The van der Waals surface area contributed by atoms with Gasteiger partial charge in [-0.05, 0) is 29.1 Å². The van der Waals surface area contributed by atoms with Crippen LogP contribution in [-0.4, -0.2) is 51.6 Å². The average molecular weight is 505 g/mol. The maximum Gasteiger partial charge on any atom is 0.357 e. The van der Waals surface area contributed by atoms with Gasteiger partial charge in [-0.25, -0.2) is 4.79 Å². The van der Waals surface area contributed by atoms with Crippen LogP contribution in [0.25, 0.3) is 0 Å². The lowest BCUT2D eigenvalue weighted by Gasteiger charge is -2.50. The molecule has 0 bridgehead atoms. The van der Waals surface area contributed by atoms with E-state index in [2.05, 4.69) is 5.32 Å². The summed E-state index contributed by atoms with van der Waals surface area (Å²) in [4.78, 5) is 50.5. The second-order valence-electron chi connectivity index (χ2n) is 7.41. The normalized spacial score (nSPS) is 21.5. The van der Waals surface area contributed by atoms with Crippen molar-refractivity contribution < 1.29 is 28.8 Å². The Bertz CT molecular complexity index is 1150. The molecule has 1 aromatic heterocycles. The third kappa shape index (κ3) is 4.62. The van der Waals surface area contributed by atoms with E-state index in [1.807, 2.05) is 17.5 Å². The molecule has 1 aromatic carbocycles. The predicted molar refractivity (Wildman–Crippen MR) is 123 cm³/mol. The summed E-state index contributed by atoms with van der Waals surface area (Å²) < 4.78 is 10.7. The van der Waals surface area contributed by atoms with E-state index in [-0.39, 0.29) is 36.0 Å². The Labute approximate surface area is 202 Å². The highest BCUT2D eigenvalue weighted by molar-refractivity contribution is 8.00. The zero-order valence-corrected chi connectivity index (χ0v) is 19.5. The number of hydrogen-bond acceptors (Lipinski definition) is 10. The Balaban J connectivity index is 1.45.